The Morgan fingerprint density at radius 3 is 3.00 bits per heavy atom. The Bertz CT molecular complexity index is 416. The molecule has 1 fully saturated rings. The number of carbonyl (C=O) groups is 1. The summed E-state index contributed by atoms with van der Waals surface area (Å²) in [5.41, 5.74) is 6.30. The van der Waals surface area contributed by atoms with Crippen molar-refractivity contribution in [3.8, 4) is 0 Å². The Morgan fingerprint density at radius 2 is 2.44 bits per heavy atom. The van der Waals surface area contributed by atoms with E-state index in [4.69, 9.17) is 5.73 Å². The van der Waals surface area contributed by atoms with E-state index in [9.17, 15) is 4.79 Å². The SMILES string of the molecule is CC(C)N1CCC(CNC(=O)c2sccc2N)C1. The molecule has 100 valence electrons. The standard InChI is InChI=1S/C13H21N3OS/c1-9(2)16-5-3-10(8-16)7-15-13(17)12-11(14)4-6-18-12/h4,6,9-10H,3,5,7-8,14H2,1-2H3,(H,15,17). The third-order valence-corrected chi connectivity index (χ3v) is 4.43. The maximum absolute atomic E-state index is 11.9. The lowest BCUT2D eigenvalue weighted by Gasteiger charge is -2.20. The molecule has 0 aromatic carbocycles. The van der Waals surface area contributed by atoms with Gasteiger partial charge in [0.05, 0.1) is 5.69 Å². The summed E-state index contributed by atoms with van der Waals surface area (Å²) in [6.07, 6.45) is 1.17. The molecule has 2 heterocycles. The van der Waals surface area contributed by atoms with Gasteiger partial charge in [-0.1, -0.05) is 0 Å². The predicted octanol–water partition coefficient (Wildman–Crippen LogP) is 1.79. The molecule has 2 rings (SSSR count). The Hall–Kier alpha value is -1.07. The lowest BCUT2D eigenvalue weighted by Crippen LogP contribution is -2.32. The van der Waals surface area contributed by atoms with Crippen molar-refractivity contribution in [1.82, 2.24) is 10.2 Å². The van der Waals surface area contributed by atoms with Crippen molar-refractivity contribution in [1.29, 1.82) is 0 Å². The average Bonchev–Trinajstić information content (AvgIpc) is 2.94. The number of thiophene rings is 1. The maximum atomic E-state index is 11.9. The number of nitrogen functional groups attached to an aromatic ring is 1. The molecule has 1 amide bonds. The summed E-state index contributed by atoms with van der Waals surface area (Å²) in [5.74, 6) is 0.531. The summed E-state index contributed by atoms with van der Waals surface area (Å²) in [6.45, 7) is 7.40. The third kappa shape index (κ3) is 3.03. The number of likely N-dealkylation sites (tertiary alicyclic amines) is 1. The maximum Gasteiger partial charge on any atom is 0.263 e. The summed E-state index contributed by atoms with van der Waals surface area (Å²) < 4.78 is 0. The normalized spacial score (nSPS) is 20.5. The highest BCUT2D eigenvalue weighted by molar-refractivity contribution is 7.12. The van der Waals surface area contributed by atoms with Gasteiger partial charge in [0.1, 0.15) is 4.88 Å². The highest BCUT2D eigenvalue weighted by atomic mass is 32.1. The van der Waals surface area contributed by atoms with Gasteiger partial charge in [-0.15, -0.1) is 11.3 Å². The Morgan fingerprint density at radius 1 is 1.67 bits per heavy atom. The molecule has 5 heteroatoms. The third-order valence-electron chi connectivity index (χ3n) is 3.50. The van der Waals surface area contributed by atoms with Gasteiger partial charge in [-0.25, -0.2) is 0 Å². The van der Waals surface area contributed by atoms with E-state index in [0.717, 1.165) is 19.6 Å². The summed E-state index contributed by atoms with van der Waals surface area (Å²) >= 11 is 1.40. The fraction of sp³-hybridized carbons (Fsp3) is 0.615. The van der Waals surface area contributed by atoms with Crippen LogP contribution in [0.5, 0.6) is 0 Å². The number of nitrogens with zero attached hydrogens (tertiary/aromatic N) is 1. The van der Waals surface area contributed by atoms with Gasteiger partial charge in [-0.3, -0.25) is 4.79 Å². The van der Waals surface area contributed by atoms with Crippen LogP contribution in [-0.2, 0) is 0 Å². The Kier molecular flexibility index (Phi) is 4.24. The van der Waals surface area contributed by atoms with E-state index >= 15 is 0 Å². The fourth-order valence-electron chi connectivity index (χ4n) is 2.32. The van der Waals surface area contributed by atoms with Crippen molar-refractivity contribution >= 4 is 22.9 Å². The number of nitrogens with two attached hydrogens (primary N) is 1. The molecule has 1 atom stereocenters. The first-order valence-corrected chi connectivity index (χ1v) is 7.31. The largest absolute Gasteiger partial charge is 0.397 e. The Balaban J connectivity index is 1.79. The van der Waals surface area contributed by atoms with Gasteiger partial charge in [0, 0.05) is 19.1 Å². The minimum absolute atomic E-state index is 0.0366. The smallest absolute Gasteiger partial charge is 0.263 e. The number of carbonyl (C=O) groups excluding carboxylic acids is 1. The van der Waals surface area contributed by atoms with E-state index in [1.165, 1.54) is 17.8 Å². The van der Waals surface area contributed by atoms with Crippen LogP contribution in [0, 0.1) is 5.92 Å². The second-order valence-corrected chi connectivity index (χ2v) is 6.07. The molecule has 0 aliphatic carbocycles. The van der Waals surface area contributed by atoms with Crippen LogP contribution in [0.25, 0.3) is 0 Å². The zero-order chi connectivity index (χ0) is 13.1. The molecule has 0 radical (unpaired) electrons. The quantitative estimate of drug-likeness (QED) is 0.874. The van der Waals surface area contributed by atoms with E-state index < -0.39 is 0 Å². The molecule has 1 aromatic rings. The van der Waals surface area contributed by atoms with Crippen LogP contribution in [0.1, 0.15) is 29.9 Å². The second kappa shape index (κ2) is 5.71. The molecule has 0 spiro atoms. The van der Waals surface area contributed by atoms with Crippen LogP contribution in [0.2, 0.25) is 0 Å². The van der Waals surface area contributed by atoms with E-state index in [-0.39, 0.29) is 5.91 Å². The first-order chi connectivity index (χ1) is 8.58. The number of hydrogen-bond acceptors (Lipinski definition) is 4. The van der Waals surface area contributed by atoms with Gasteiger partial charge >= 0.3 is 0 Å². The molecule has 1 aliphatic heterocycles. The summed E-state index contributed by atoms with van der Waals surface area (Å²) in [5, 5.41) is 4.84. The van der Waals surface area contributed by atoms with Gasteiger partial charge in [-0.2, -0.15) is 0 Å². The number of amides is 1. The van der Waals surface area contributed by atoms with Crippen LogP contribution < -0.4 is 11.1 Å². The molecule has 0 saturated carbocycles. The lowest BCUT2D eigenvalue weighted by molar-refractivity contribution is 0.0952. The van der Waals surface area contributed by atoms with Crippen molar-refractivity contribution in [2.24, 2.45) is 5.92 Å². The van der Waals surface area contributed by atoms with Crippen LogP contribution in [0.15, 0.2) is 11.4 Å². The zero-order valence-electron chi connectivity index (χ0n) is 11.0. The number of nitrogens with one attached hydrogen (secondary N) is 1. The molecule has 0 bridgehead atoms. The summed E-state index contributed by atoms with van der Waals surface area (Å²) in [7, 11) is 0. The van der Waals surface area contributed by atoms with Gasteiger partial charge in [-0.05, 0) is 44.2 Å². The van der Waals surface area contributed by atoms with E-state index in [1.54, 1.807) is 6.07 Å². The van der Waals surface area contributed by atoms with Crippen molar-refractivity contribution in [2.75, 3.05) is 25.4 Å². The first kappa shape index (κ1) is 13.4. The number of anilines is 1. The van der Waals surface area contributed by atoms with Crippen LogP contribution in [0.3, 0.4) is 0 Å². The molecule has 3 N–H and O–H groups in total. The minimum atomic E-state index is -0.0366. The molecule has 1 unspecified atom stereocenters. The summed E-state index contributed by atoms with van der Waals surface area (Å²) in [6, 6.07) is 2.37. The predicted molar refractivity (Wildman–Crippen MR) is 75.9 cm³/mol. The van der Waals surface area contributed by atoms with Crippen LogP contribution >= 0.6 is 11.3 Å². The average molecular weight is 267 g/mol. The molecule has 18 heavy (non-hydrogen) atoms. The van der Waals surface area contributed by atoms with E-state index in [2.05, 4.69) is 24.1 Å². The highest BCUT2D eigenvalue weighted by Gasteiger charge is 2.24. The van der Waals surface area contributed by atoms with Crippen LogP contribution in [-0.4, -0.2) is 36.5 Å². The Labute approximate surface area is 112 Å². The van der Waals surface area contributed by atoms with Crippen molar-refractivity contribution in [3.63, 3.8) is 0 Å². The molecule has 1 aromatic heterocycles. The van der Waals surface area contributed by atoms with E-state index in [1.807, 2.05) is 5.38 Å². The molecular formula is C13H21N3OS. The summed E-state index contributed by atoms with van der Waals surface area (Å²) in [4.78, 5) is 15.0. The zero-order valence-corrected chi connectivity index (χ0v) is 11.8. The molecular weight excluding hydrogens is 246 g/mol. The van der Waals surface area contributed by atoms with Crippen molar-refractivity contribution < 1.29 is 4.79 Å². The molecule has 4 nitrogen and oxygen atoms in total. The van der Waals surface area contributed by atoms with Gasteiger partial charge in [0.15, 0.2) is 0 Å². The molecule has 1 saturated heterocycles. The number of hydrogen-bond donors (Lipinski definition) is 2. The number of rotatable bonds is 4. The fourth-order valence-corrected chi connectivity index (χ4v) is 3.05. The van der Waals surface area contributed by atoms with Crippen molar-refractivity contribution in [2.45, 2.75) is 26.3 Å². The topological polar surface area (TPSA) is 58.4 Å². The van der Waals surface area contributed by atoms with Gasteiger partial charge < -0.3 is 16.0 Å². The van der Waals surface area contributed by atoms with Crippen molar-refractivity contribution in [3.05, 3.63) is 16.3 Å². The van der Waals surface area contributed by atoms with E-state index in [0.29, 0.717) is 22.5 Å². The van der Waals surface area contributed by atoms with Gasteiger partial charge in [0.2, 0.25) is 0 Å². The first-order valence-electron chi connectivity index (χ1n) is 6.43. The monoisotopic (exact) mass is 267 g/mol. The minimum Gasteiger partial charge on any atom is -0.397 e. The van der Waals surface area contributed by atoms with Gasteiger partial charge in [0.25, 0.3) is 5.91 Å². The lowest BCUT2D eigenvalue weighted by atomic mass is 10.1. The highest BCUT2D eigenvalue weighted by Crippen LogP contribution is 2.20. The van der Waals surface area contributed by atoms with Crippen LogP contribution in [0.4, 0.5) is 5.69 Å². The molecule has 1 aliphatic rings. The second-order valence-electron chi connectivity index (χ2n) is 5.16.